The molecule has 1 aromatic carbocycles. The molecule has 0 atom stereocenters. The summed E-state index contributed by atoms with van der Waals surface area (Å²) in [4.78, 5) is 23.4. The van der Waals surface area contributed by atoms with Crippen LogP contribution in [0.25, 0.3) is 0 Å². The van der Waals surface area contributed by atoms with Gasteiger partial charge in [0, 0.05) is 43.4 Å². The van der Waals surface area contributed by atoms with Crippen LogP contribution >= 0.6 is 0 Å². The summed E-state index contributed by atoms with van der Waals surface area (Å²) in [6.07, 6.45) is 5.28. The van der Waals surface area contributed by atoms with Gasteiger partial charge in [-0.15, -0.1) is 0 Å². The Bertz CT molecular complexity index is 1070. The Kier molecular flexibility index (Phi) is 6.50. The van der Waals surface area contributed by atoms with Crippen molar-refractivity contribution in [2.24, 2.45) is 10.7 Å². The van der Waals surface area contributed by atoms with Crippen molar-refractivity contribution in [1.29, 1.82) is 0 Å². The number of ether oxygens (including phenoxy) is 3. The molecule has 2 aliphatic heterocycles. The van der Waals surface area contributed by atoms with Crippen LogP contribution in [0.15, 0.2) is 47.2 Å². The van der Waals surface area contributed by atoms with Crippen LogP contribution in [0.4, 0.5) is 17.1 Å². The first-order valence-corrected chi connectivity index (χ1v) is 10.8. The average molecular weight is 452 g/mol. The summed E-state index contributed by atoms with van der Waals surface area (Å²) in [7, 11) is 1.55. The van der Waals surface area contributed by atoms with Gasteiger partial charge in [0.15, 0.2) is 0 Å². The van der Waals surface area contributed by atoms with Crippen LogP contribution in [0, 0.1) is 0 Å². The second-order valence-electron chi connectivity index (χ2n) is 8.53. The number of fused-ring (bicyclic) bond motifs is 1. The van der Waals surface area contributed by atoms with Crippen molar-refractivity contribution in [1.82, 2.24) is 4.98 Å². The first-order valence-electron chi connectivity index (χ1n) is 10.8. The molecule has 33 heavy (non-hydrogen) atoms. The predicted molar refractivity (Wildman–Crippen MR) is 128 cm³/mol. The Morgan fingerprint density at radius 2 is 2.09 bits per heavy atom. The Labute approximate surface area is 193 Å². The largest absolute Gasteiger partial charge is 0.487 e. The molecule has 1 fully saturated rings. The molecule has 0 unspecified atom stereocenters. The fraction of sp³-hybridized carbons (Fsp3) is 0.375. The molecule has 0 bridgehead atoms. The van der Waals surface area contributed by atoms with E-state index in [0.29, 0.717) is 30.5 Å². The molecule has 1 amide bonds. The summed E-state index contributed by atoms with van der Waals surface area (Å²) in [6, 6.07) is 7.45. The molecule has 0 radical (unpaired) electrons. The minimum absolute atomic E-state index is 0.0465. The maximum atomic E-state index is 12.8. The van der Waals surface area contributed by atoms with Gasteiger partial charge in [-0.2, -0.15) is 0 Å². The number of allylic oxidation sites excluding steroid dienone is 1. The maximum Gasteiger partial charge on any atom is 0.271 e. The fourth-order valence-electron chi connectivity index (χ4n) is 3.85. The van der Waals surface area contributed by atoms with Gasteiger partial charge in [0.25, 0.3) is 5.91 Å². The summed E-state index contributed by atoms with van der Waals surface area (Å²) >= 11 is 0. The number of methoxy groups -OCH3 is 1. The van der Waals surface area contributed by atoms with Gasteiger partial charge in [0.1, 0.15) is 11.4 Å². The number of rotatable bonds is 6. The zero-order chi connectivity index (χ0) is 23.4. The van der Waals surface area contributed by atoms with E-state index < -0.39 is 5.91 Å². The molecule has 1 saturated heterocycles. The van der Waals surface area contributed by atoms with Crippen LogP contribution in [0.5, 0.6) is 11.6 Å². The van der Waals surface area contributed by atoms with E-state index in [4.69, 9.17) is 19.9 Å². The van der Waals surface area contributed by atoms with Crippen LogP contribution < -0.4 is 25.4 Å². The van der Waals surface area contributed by atoms with Gasteiger partial charge in [0.2, 0.25) is 5.88 Å². The van der Waals surface area contributed by atoms with Crippen LogP contribution in [0.2, 0.25) is 0 Å². The third kappa shape index (κ3) is 5.43. The highest BCUT2D eigenvalue weighted by Crippen LogP contribution is 2.41. The third-order valence-electron chi connectivity index (χ3n) is 5.45. The number of carbonyl (C=O) groups excluding carboxylic acids is 1. The highest BCUT2D eigenvalue weighted by atomic mass is 16.5. The van der Waals surface area contributed by atoms with Crippen LogP contribution in [0.1, 0.15) is 19.4 Å². The number of aromatic nitrogens is 1. The zero-order valence-corrected chi connectivity index (χ0v) is 19.1. The van der Waals surface area contributed by atoms with Gasteiger partial charge < -0.3 is 30.2 Å². The van der Waals surface area contributed by atoms with Gasteiger partial charge in [0.05, 0.1) is 49.3 Å². The number of nitrogens with two attached hydrogens (primary N) is 1. The number of hydrogen-bond acceptors (Lipinski definition) is 8. The van der Waals surface area contributed by atoms with Crippen molar-refractivity contribution >= 4 is 29.2 Å². The molecule has 0 aliphatic carbocycles. The second-order valence-corrected chi connectivity index (χ2v) is 8.53. The highest BCUT2D eigenvalue weighted by Gasteiger charge is 2.32. The normalized spacial score (nSPS) is 17.5. The smallest absolute Gasteiger partial charge is 0.271 e. The molecular formula is C24H29N5O4. The first kappa shape index (κ1) is 22.6. The van der Waals surface area contributed by atoms with E-state index in [1.165, 1.54) is 12.3 Å². The molecule has 2 aromatic rings. The van der Waals surface area contributed by atoms with Crippen molar-refractivity contribution in [3.63, 3.8) is 0 Å². The number of amides is 1. The predicted octanol–water partition coefficient (Wildman–Crippen LogP) is 2.82. The lowest BCUT2D eigenvalue weighted by atomic mass is 10.0. The van der Waals surface area contributed by atoms with E-state index in [1.807, 2.05) is 12.1 Å². The van der Waals surface area contributed by atoms with Gasteiger partial charge >= 0.3 is 0 Å². The molecule has 0 spiro atoms. The van der Waals surface area contributed by atoms with Crippen molar-refractivity contribution in [2.75, 3.05) is 43.6 Å². The maximum absolute atomic E-state index is 12.8. The number of carbonyl (C=O) groups is 1. The van der Waals surface area contributed by atoms with Crippen LogP contribution in [-0.4, -0.2) is 56.1 Å². The molecular weight excluding hydrogens is 422 g/mol. The Hall–Kier alpha value is -3.59. The molecule has 3 heterocycles. The zero-order valence-electron chi connectivity index (χ0n) is 19.1. The molecule has 0 saturated carbocycles. The van der Waals surface area contributed by atoms with E-state index in [1.54, 1.807) is 25.4 Å². The number of anilines is 2. The highest BCUT2D eigenvalue weighted by molar-refractivity contribution is 6.07. The van der Waals surface area contributed by atoms with Crippen molar-refractivity contribution < 1.29 is 19.0 Å². The lowest BCUT2D eigenvalue weighted by Crippen LogP contribution is -2.37. The van der Waals surface area contributed by atoms with Crippen LogP contribution in [0.3, 0.4) is 0 Å². The van der Waals surface area contributed by atoms with E-state index in [2.05, 4.69) is 34.0 Å². The number of morpholine rings is 1. The van der Waals surface area contributed by atoms with Crippen molar-refractivity contribution in [2.45, 2.75) is 25.9 Å². The molecule has 3 N–H and O–H groups in total. The number of benzene rings is 1. The standard InChI is InChI=1S/C24H29N5O4/c1-24(2)14-16-12-19(20(13-21(16)33-24)29-8-10-32-11-9-29)28-23(30)18(25)6-7-26-17-4-5-22(31-3)27-15-17/h4-7,12-13,15H,8-11,14,25H2,1-3H3,(H,28,30). The Morgan fingerprint density at radius 3 is 2.79 bits per heavy atom. The molecule has 1 aromatic heterocycles. The molecule has 4 rings (SSSR count). The molecule has 2 aliphatic rings. The second kappa shape index (κ2) is 9.50. The van der Waals surface area contributed by atoms with E-state index in [9.17, 15) is 4.79 Å². The minimum atomic E-state index is -0.401. The minimum Gasteiger partial charge on any atom is -0.487 e. The van der Waals surface area contributed by atoms with E-state index in [0.717, 1.165) is 36.5 Å². The lowest BCUT2D eigenvalue weighted by Gasteiger charge is -2.31. The molecule has 9 nitrogen and oxygen atoms in total. The monoisotopic (exact) mass is 451 g/mol. The summed E-state index contributed by atoms with van der Waals surface area (Å²) in [5, 5.41) is 2.97. The SMILES string of the molecule is COc1ccc(N=CC=C(N)C(=O)Nc2cc3c(cc2N2CCOCC2)OC(C)(C)C3)cn1. The summed E-state index contributed by atoms with van der Waals surface area (Å²) in [5.74, 6) is 0.952. The third-order valence-corrected chi connectivity index (χ3v) is 5.45. The number of hydrogen-bond donors (Lipinski definition) is 2. The van der Waals surface area contributed by atoms with Crippen molar-refractivity contribution in [3.05, 3.63) is 47.8 Å². The Morgan fingerprint density at radius 1 is 1.30 bits per heavy atom. The number of nitrogens with one attached hydrogen (secondary N) is 1. The van der Waals surface area contributed by atoms with E-state index in [-0.39, 0.29) is 11.3 Å². The van der Waals surface area contributed by atoms with Gasteiger partial charge in [-0.1, -0.05) is 0 Å². The summed E-state index contributed by atoms with van der Waals surface area (Å²) in [6.45, 7) is 6.85. The fourth-order valence-corrected chi connectivity index (χ4v) is 3.85. The number of nitrogens with zero attached hydrogens (tertiary/aromatic N) is 3. The molecule has 9 heteroatoms. The van der Waals surface area contributed by atoms with Crippen molar-refractivity contribution in [3.8, 4) is 11.6 Å². The first-order chi connectivity index (χ1) is 15.8. The molecule has 174 valence electrons. The van der Waals surface area contributed by atoms with E-state index >= 15 is 0 Å². The van der Waals surface area contributed by atoms with Gasteiger partial charge in [-0.25, -0.2) is 4.98 Å². The Balaban J connectivity index is 1.52. The van der Waals surface area contributed by atoms with Gasteiger partial charge in [-0.3, -0.25) is 9.79 Å². The number of aliphatic imine (C=N–C) groups is 1. The number of pyridine rings is 1. The summed E-state index contributed by atoms with van der Waals surface area (Å²) in [5.41, 5.74) is 9.07. The van der Waals surface area contributed by atoms with Crippen LogP contribution in [-0.2, 0) is 16.0 Å². The summed E-state index contributed by atoms with van der Waals surface area (Å²) < 4.78 is 16.6. The average Bonchev–Trinajstić information content (AvgIpc) is 3.12. The topological polar surface area (TPSA) is 111 Å². The quantitative estimate of drug-likeness (QED) is 0.513. The lowest BCUT2D eigenvalue weighted by molar-refractivity contribution is -0.112. The van der Waals surface area contributed by atoms with Gasteiger partial charge in [-0.05, 0) is 32.1 Å².